The molecule has 0 atom stereocenters. The molecule has 0 aliphatic carbocycles. The van der Waals surface area contributed by atoms with Gasteiger partial charge in [0.1, 0.15) is 0 Å². The number of hydrogen-bond acceptors (Lipinski definition) is 3. The van der Waals surface area contributed by atoms with Crippen LogP contribution in [-0.2, 0) is 4.84 Å². The highest BCUT2D eigenvalue weighted by Crippen LogP contribution is 2.22. The number of carbonyl (C=O) groups excluding carboxylic acids is 1. The topological polar surface area (TPSA) is 29.5 Å². The lowest BCUT2D eigenvalue weighted by molar-refractivity contribution is -0.0753. The van der Waals surface area contributed by atoms with Gasteiger partial charge in [0.25, 0.3) is 5.91 Å². The maximum absolute atomic E-state index is 11.3. The summed E-state index contributed by atoms with van der Waals surface area (Å²) in [6.07, 6.45) is 0. The Kier molecular flexibility index (Phi) is 3.08. The van der Waals surface area contributed by atoms with Crippen LogP contribution in [0.15, 0.2) is 12.1 Å². The summed E-state index contributed by atoms with van der Waals surface area (Å²) in [6, 6.07) is 3.35. The molecule has 0 unspecified atom stereocenters. The van der Waals surface area contributed by atoms with Crippen LogP contribution in [0.4, 0.5) is 0 Å². The van der Waals surface area contributed by atoms with Crippen LogP contribution in [0.3, 0.4) is 0 Å². The van der Waals surface area contributed by atoms with Gasteiger partial charge in [0, 0.05) is 7.05 Å². The standard InChI is InChI=1S/C7H8ClNO2S/c1-9(11-2)7(10)5-3-4-6(8)12-5/h3-4H,1-2H3. The Hall–Kier alpha value is -0.580. The molecular weight excluding hydrogens is 198 g/mol. The Morgan fingerprint density at radius 1 is 1.67 bits per heavy atom. The van der Waals surface area contributed by atoms with E-state index in [1.165, 1.54) is 18.4 Å². The van der Waals surface area contributed by atoms with E-state index in [-0.39, 0.29) is 5.91 Å². The molecule has 5 heteroatoms. The summed E-state index contributed by atoms with van der Waals surface area (Å²) in [4.78, 5) is 16.6. The van der Waals surface area contributed by atoms with Crippen LogP contribution < -0.4 is 0 Å². The van der Waals surface area contributed by atoms with Crippen LogP contribution in [-0.4, -0.2) is 25.1 Å². The van der Waals surface area contributed by atoms with Crippen molar-refractivity contribution in [2.45, 2.75) is 0 Å². The molecule has 1 rings (SSSR count). The average Bonchev–Trinajstić information content (AvgIpc) is 2.49. The molecule has 0 saturated carbocycles. The number of halogens is 1. The van der Waals surface area contributed by atoms with Crippen LogP contribution in [0.1, 0.15) is 9.67 Å². The van der Waals surface area contributed by atoms with Crippen molar-refractivity contribution in [3.63, 3.8) is 0 Å². The van der Waals surface area contributed by atoms with Gasteiger partial charge in [0.05, 0.1) is 16.3 Å². The van der Waals surface area contributed by atoms with Crippen LogP contribution >= 0.6 is 22.9 Å². The Bertz CT molecular complexity index is 287. The van der Waals surface area contributed by atoms with E-state index in [9.17, 15) is 4.79 Å². The first kappa shape index (κ1) is 9.51. The second-order valence-corrected chi connectivity index (χ2v) is 3.80. The number of hydrogen-bond donors (Lipinski definition) is 0. The van der Waals surface area contributed by atoms with Crippen LogP contribution in [0.5, 0.6) is 0 Å². The first-order valence-corrected chi connectivity index (χ1v) is 4.42. The molecule has 1 amide bonds. The molecule has 0 saturated heterocycles. The van der Waals surface area contributed by atoms with Gasteiger partial charge in [-0.1, -0.05) is 11.6 Å². The van der Waals surface area contributed by atoms with Crippen LogP contribution in [0.2, 0.25) is 4.34 Å². The second kappa shape index (κ2) is 3.89. The van der Waals surface area contributed by atoms with Gasteiger partial charge >= 0.3 is 0 Å². The van der Waals surface area contributed by atoms with E-state index in [0.717, 1.165) is 5.06 Å². The molecule has 0 aliphatic heterocycles. The number of hydroxylamine groups is 2. The van der Waals surface area contributed by atoms with Crippen molar-refractivity contribution in [2.24, 2.45) is 0 Å². The van der Waals surface area contributed by atoms with Gasteiger partial charge in [-0.2, -0.15) is 0 Å². The average molecular weight is 206 g/mol. The van der Waals surface area contributed by atoms with Gasteiger partial charge in [0.15, 0.2) is 0 Å². The zero-order chi connectivity index (χ0) is 9.14. The van der Waals surface area contributed by atoms with Gasteiger partial charge in [-0.25, -0.2) is 5.06 Å². The van der Waals surface area contributed by atoms with Crippen molar-refractivity contribution >= 4 is 28.8 Å². The Balaban J connectivity index is 2.78. The van der Waals surface area contributed by atoms with Gasteiger partial charge in [-0.15, -0.1) is 11.3 Å². The lowest BCUT2D eigenvalue weighted by Gasteiger charge is -2.11. The van der Waals surface area contributed by atoms with E-state index in [4.69, 9.17) is 16.4 Å². The summed E-state index contributed by atoms with van der Waals surface area (Å²) < 4.78 is 0.600. The van der Waals surface area contributed by atoms with E-state index < -0.39 is 0 Å². The third-order valence-electron chi connectivity index (χ3n) is 1.34. The maximum Gasteiger partial charge on any atom is 0.287 e. The smallest absolute Gasteiger partial charge is 0.274 e. The summed E-state index contributed by atoms with van der Waals surface area (Å²) >= 11 is 6.89. The highest BCUT2D eigenvalue weighted by Gasteiger charge is 2.12. The zero-order valence-electron chi connectivity index (χ0n) is 6.70. The number of thiophene rings is 1. The van der Waals surface area contributed by atoms with Crippen LogP contribution in [0, 0.1) is 0 Å². The lowest BCUT2D eigenvalue weighted by atomic mass is 10.4. The number of nitrogens with zero attached hydrogens (tertiary/aromatic N) is 1. The molecule has 0 fully saturated rings. The van der Waals surface area contributed by atoms with Crippen molar-refractivity contribution < 1.29 is 9.63 Å². The maximum atomic E-state index is 11.3. The fourth-order valence-electron chi connectivity index (χ4n) is 0.667. The van der Waals surface area contributed by atoms with Crippen molar-refractivity contribution in [3.05, 3.63) is 21.3 Å². The summed E-state index contributed by atoms with van der Waals surface area (Å²) in [7, 11) is 2.99. The predicted molar refractivity (Wildman–Crippen MR) is 48.4 cm³/mol. The minimum atomic E-state index is -0.186. The Morgan fingerprint density at radius 3 is 2.75 bits per heavy atom. The summed E-state index contributed by atoms with van der Waals surface area (Å²) in [6.45, 7) is 0. The molecule has 12 heavy (non-hydrogen) atoms. The fourth-order valence-corrected chi connectivity index (χ4v) is 1.68. The van der Waals surface area contributed by atoms with Gasteiger partial charge < -0.3 is 0 Å². The number of carbonyl (C=O) groups is 1. The highest BCUT2D eigenvalue weighted by molar-refractivity contribution is 7.17. The summed E-state index contributed by atoms with van der Waals surface area (Å²) in [5.74, 6) is -0.186. The monoisotopic (exact) mass is 205 g/mol. The first-order valence-electron chi connectivity index (χ1n) is 3.22. The molecule has 3 nitrogen and oxygen atoms in total. The fraction of sp³-hybridized carbons (Fsp3) is 0.286. The second-order valence-electron chi connectivity index (χ2n) is 2.09. The largest absolute Gasteiger partial charge is 0.287 e. The van der Waals surface area contributed by atoms with Crippen molar-refractivity contribution in [2.75, 3.05) is 14.2 Å². The van der Waals surface area contributed by atoms with E-state index in [0.29, 0.717) is 9.21 Å². The minimum absolute atomic E-state index is 0.186. The van der Waals surface area contributed by atoms with E-state index in [1.807, 2.05) is 0 Å². The molecule has 0 aliphatic rings. The van der Waals surface area contributed by atoms with Gasteiger partial charge in [-0.05, 0) is 12.1 Å². The van der Waals surface area contributed by atoms with Crippen molar-refractivity contribution in [3.8, 4) is 0 Å². The molecule has 0 bridgehead atoms. The molecule has 1 aromatic rings. The molecule has 0 spiro atoms. The van der Waals surface area contributed by atoms with E-state index >= 15 is 0 Å². The molecule has 1 aromatic heterocycles. The molecule has 0 N–H and O–H groups in total. The minimum Gasteiger partial charge on any atom is -0.274 e. The predicted octanol–water partition coefficient (Wildman–Crippen LogP) is 2.03. The quantitative estimate of drug-likeness (QED) is 0.692. The lowest BCUT2D eigenvalue weighted by Crippen LogP contribution is -2.24. The molecule has 0 aromatic carbocycles. The van der Waals surface area contributed by atoms with E-state index in [1.54, 1.807) is 19.2 Å². The summed E-state index contributed by atoms with van der Waals surface area (Å²) in [5, 5.41) is 1.15. The first-order chi connectivity index (χ1) is 5.65. The Labute approximate surface area is 79.5 Å². The third kappa shape index (κ3) is 1.97. The number of rotatable bonds is 2. The molecule has 66 valence electrons. The van der Waals surface area contributed by atoms with E-state index in [2.05, 4.69) is 0 Å². The van der Waals surface area contributed by atoms with Crippen molar-refractivity contribution in [1.82, 2.24) is 5.06 Å². The molecule has 0 radical (unpaired) electrons. The zero-order valence-corrected chi connectivity index (χ0v) is 8.28. The SMILES string of the molecule is CON(C)C(=O)c1ccc(Cl)s1. The van der Waals surface area contributed by atoms with Crippen LogP contribution in [0.25, 0.3) is 0 Å². The highest BCUT2D eigenvalue weighted by atomic mass is 35.5. The molecule has 1 heterocycles. The normalized spacial score (nSPS) is 9.92. The Morgan fingerprint density at radius 2 is 2.33 bits per heavy atom. The van der Waals surface area contributed by atoms with Crippen molar-refractivity contribution in [1.29, 1.82) is 0 Å². The molecular formula is C7H8ClNO2S. The van der Waals surface area contributed by atoms with Gasteiger partial charge in [-0.3, -0.25) is 9.63 Å². The van der Waals surface area contributed by atoms with Gasteiger partial charge in [0.2, 0.25) is 0 Å². The third-order valence-corrected chi connectivity index (χ3v) is 2.56. The summed E-state index contributed by atoms with van der Waals surface area (Å²) in [5.41, 5.74) is 0. The number of amides is 1.